The van der Waals surface area contributed by atoms with Gasteiger partial charge in [0.25, 0.3) is 0 Å². The normalized spacial score (nSPS) is 10.5. The number of hydrogen-bond acceptors (Lipinski definition) is 5. The summed E-state index contributed by atoms with van der Waals surface area (Å²) < 4.78 is 9.82. The smallest absolute Gasteiger partial charge is 0.348 e. The Balaban J connectivity index is 2.49. The number of rotatable bonds is 5. The molecule has 82 valence electrons. The minimum atomic E-state index is -0.346. The third-order valence-corrected chi connectivity index (χ3v) is 2.48. The molecule has 2 N–H and O–H groups in total. The van der Waals surface area contributed by atoms with Crippen LogP contribution in [0.15, 0.2) is 23.8 Å². The number of methoxy groups -OCH3 is 1. The molecule has 0 fully saturated rings. The molecule has 1 aromatic heterocycles. The predicted octanol–water partition coefficient (Wildman–Crippen LogP) is 1.78. The lowest BCUT2D eigenvalue weighted by Crippen LogP contribution is -1.97. The SMILES string of the molecule is COC(=O)c1cc(O/C=C\CCN)cs1. The first kappa shape index (κ1) is 11.7. The molecule has 0 saturated carbocycles. The van der Waals surface area contributed by atoms with Gasteiger partial charge in [-0.1, -0.05) is 0 Å². The Morgan fingerprint density at radius 3 is 3.13 bits per heavy atom. The summed E-state index contributed by atoms with van der Waals surface area (Å²) in [7, 11) is 1.35. The van der Waals surface area contributed by atoms with Crippen LogP contribution in [0.3, 0.4) is 0 Å². The molecule has 5 heteroatoms. The summed E-state index contributed by atoms with van der Waals surface area (Å²) >= 11 is 1.29. The minimum absolute atomic E-state index is 0.346. The Labute approximate surface area is 92.3 Å². The molecule has 0 spiro atoms. The van der Waals surface area contributed by atoms with Gasteiger partial charge in [0, 0.05) is 11.4 Å². The van der Waals surface area contributed by atoms with Crippen molar-refractivity contribution < 1.29 is 14.3 Å². The van der Waals surface area contributed by atoms with Gasteiger partial charge in [0.1, 0.15) is 10.6 Å². The molecule has 1 heterocycles. The lowest BCUT2D eigenvalue weighted by Gasteiger charge is -1.94. The van der Waals surface area contributed by atoms with Gasteiger partial charge in [-0.15, -0.1) is 11.3 Å². The summed E-state index contributed by atoms with van der Waals surface area (Å²) in [6, 6.07) is 1.64. The van der Waals surface area contributed by atoms with E-state index in [1.165, 1.54) is 18.4 Å². The van der Waals surface area contributed by atoms with Crippen LogP contribution in [0.4, 0.5) is 0 Å². The maximum atomic E-state index is 11.1. The highest BCUT2D eigenvalue weighted by Gasteiger charge is 2.08. The van der Waals surface area contributed by atoms with Crippen LogP contribution in [0, 0.1) is 0 Å². The van der Waals surface area contributed by atoms with Crippen LogP contribution < -0.4 is 10.5 Å². The van der Waals surface area contributed by atoms with Crippen molar-refractivity contribution in [2.45, 2.75) is 6.42 Å². The van der Waals surface area contributed by atoms with Gasteiger partial charge in [0.2, 0.25) is 0 Å². The largest absolute Gasteiger partial charge is 0.465 e. The molecule has 0 bridgehead atoms. The minimum Gasteiger partial charge on any atom is -0.465 e. The number of carbonyl (C=O) groups is 1. The second-order valence-corrected chi connectivity index (χ2v) is 3.62. The lowest BCUT2D eigenvalue weighted by atomic mass is 10.4. The molecule has 0 radical (unpaired) electrons. The third-order valence-electron chi connectivity index (χ3n) is 1.60. The Bertz CT molecular complexity index is 346. The van der Waals surface area contributed by atoms with Gasteiger partial charge in [0.05, 0.1) is 13.4 Å². The van der Waals surface area contributed by atoms with E-state index in [-0.39, 0.29) is 5.97 Å². The van der Waals surface area contributed by atoms with Crippen LogP contribution in [0.5, 0.6) is 5.75 Å². The highest BCUT2D eigenvalue weighted by atomic mass is 32.1. The topological polar surface area (TPSA) is 61.5 Å². The van der Waals surface area contributed by atoms with Gasteiger partial charge in [-0.25, -0.2) is 4.79 Å². The molecule has 15 heavy (non-hydrogen) atoms. The molecule has 0 aliphatic rings. The highest BCUT2D eigenvalue weighted by molar-refractivity contribution is 7.12. The van der Waals surface area contributed by atoms with Crippen molar-refractivity contribution in [3.63, 3.8) is 0 Å². The third kappa shape index (κ3) is 3.73. The van der Waals surface area contributed by atoms with Crippen LogP contribution in [0.25, 0.3) is 0 Å². The van der Waals surface area contributed by atoms with Crippen molar-refractivity contribution >= 4 is 17.3 Å². The van der Waals surface area contributed by atoms with Gasteiger partial charge in [-0.3, -0.25) is 0 Å². The number of nitrogens with two attached hydrogens (primary N) is 1. The first-order valence-corrected chi connectivity index (χ1v) is 5.34. The van der Waals surface area contributed by atoms with Crippen molar-refractivity contribution in [1.29, 1.82) is 0 Å². The van der Waals surface area contributed by atoms with Crippen molar-refractivity contribution in [1.82, 2.24) is 0 Å². The molecule has 4 nitrogen and oxygen atoms in total. The fourth-order valence-corrected chi connectivity index (χ4v) is 1.61. The Kier molecular flexibility index (Phi) is 4.86. The molecular formula is C10H13NO3S. The van der Waals surface area contributed by atoms with Gasteiger partial charge < -0.3 is 15.2 Å². The summed E-state index contributed by atoms with van der Waals surface area (Å²) in [4.78, 5) is 11.6. The molecule has 0 aliphatic heterocycles. The average molecular weight is 227 g/mol. The summed E-state index contributed by atoms with van der Waals surface area (Å²) in [6.07, 6.45) is 4.17. The van der Waals surface area contributed by atoms with E-state index in [1.54, 1.807) is 17.7 Å². The summed E-state index contributed by atoms with van der Waals surface area (Å²) in [5, 5.41) is 1.75. The van der Waals surface area contributed by atoms with Crippen molar-refractivity contribution in [3.05, 3.63) is 28.7 Å². The molecule has 0 aromatic carbocycles. The van der Waals surface area contributed by atoms with E-state index in [0.717, 1.165) is 6.42 Å². The van der Waals surface area contributed by atoms with E-state index in [0.29, 0.717) is 17.2 Å². The maximum absolute atomic E-state index is 11.1. The number of thiophene rings is 1. The maximum Gasteiger partial charge on any atom is 0.348 e. The fraction of sp³-hybridized carbons (Fsp3) is 0.300. The summed E-state index contributed by atoms with van der Waals surface area (Å²) in [5.41, 5.74) is 5.30. The first-order chi connectivity index (χ1) is 7.27. The van der Waals surface area contributed by atoms with Crippen molar-refractivity contribution in [2.75, 3.05) is 13.7 Å². The van der Waals surface area contributed by atoms with E-state index in [2.05, 4.69) is 4.74 Å². The Hall–Kier alpha value is -1.33. The van der Waals surface area contributed by atoms with Crippen LogP contribution >= 0.6 is 11.3 Å². The molecule has 1 aromatic rings. The van der Waals surface area contributed by atoms with E-state index in [1.807, 2.05) is 6.08 Å². The fourth-order valence-electron chi connectivity index (χ4n) is 0.879. The lowest BCUT2D eigenvalue weighted by molar-refractivity contribution is 0.0606. The van der Waals surface area contributed by atoms with Crippen LogP contribution in [0.2, 0.25) is 0 Å². The molecule has 0 atom stereocenters. The summed E-state index contributed by atoms with van der Waals surface area (Å²) in [5.74, 6) is 0.287. The second kappa shape index (κ2) is 6.21. The van der Waals surface area contributed by atoms with Crippen LogP contribution in [-0.2, 0) is 4.74 Å². The Morgan fingerprint density at radius 2 is 2.47 bits per heavy atom. The molecule has 0 unspecified atom stereocenters. The highest BCUT2D eigenvalue weighted by Crippen LogP contribution is 2.22. The number of hydrogen-bond donors (Lipinski definition) is 1. The zero-order valence-corrected chi connectivity index (χ0v) is 9.25. The van der Waals surface area contributed by atoms with E-state index in [4.69, 9.17) is 10.5 Å². The molecule has 1 rings (SSSR count). The molecule has 0 aliphatic carbocycles. The zero-order chi connectivity index (χ0) is 11.1. The Morgan fingerprint density at radius 1 is 1.67 bits per heavy atom. The van der Waals surface area contributed by atoms with Gasteiger partial charge in [-0.2, -0.15) is 0 Å². The van der Waals surface area contributed by atoms with Crippen molar-refractivity contribution in [2.24, 2.45) is 5.73 Å². The van der Waals surface area contributed by atoms with Gasteiger partial charge in [-0.05, 0) is 19.0 Å². The number of ether oxygens (including phenoxy) is 2. The average Bonchev–Trinajstić information content (AvgIpc) is 2.72. The van der Waals surface area contributed by atoms with E-state index >= 15 is 0 Å². The van der Waals surface area contributed by atoms with Gasteiger partial charge >= 0.3 is 5.97 Å². The standard InChI is InChI=1S/C10H13NO3S/c1-13-10(12)9-6-8(7-15-9)14-5-3-2-4-11/h3,5-7H,2,4,11H2,1H3/b5-3-. The second-order valence-electron chi connectivity index (χ2n) is 2.71. The first-order valence-electron chi connectivity index (χ1n) is 4.46. The van der Waals surface area contributed by atoms with Crippen LogP contribution in [0.1, 0.15) is 16.1 Å². The van der Waals surface area contributed by atoms with E-state index < -0.39 is 0 Å². The summed E-state index contributed by atoms with van der Waals surface area (Å²) in [6.45, 7) is 0.594. The molecular weight excluding hydrogens is 214 g/mol. The number of carbonyl (C=O) groups excluding carboxylic acids is 1. The number of esters is 1. The van der Waals surface area contributed by atoms with Crippen molar-refractivity contribution in [3.8, 4) is 5.75 Å². The van der Waals surface area contributed by atoms with E-state index in [9.17, 15) is 4.79 Å². The quantitative estimate of drug-likeness (QED) is 0.615. The molecule has 0 saturated heterocycles. The monoisotopic (exact) mass is 227 g/mol. The molecule has 0 amide bonds. The van der Waals surface area contributed by atoms with Crippen LogP contribution in [-0.4, -0.2) is 19.6 Å². The zero-order valence-electron chi connectivity index (χ0n) is 8.43. The van der Waals surface area contributed by atoms with Gasteiger partial charge in [0.15, 0.2) is 0 Å². The predicted molar refractivity (Wildman–Crippen MR) is 59.1 cm³/mol.